The van der Waals surface area contributed by atoms with E-state index in [1.165, 1.54) is 24.5 Å². The Morgan fingerprint density at radius 1 is 1.13 bits per heavy atom. The van der Waals surface area contributed by atoms with E-state index in [2.05, 4.69) is 15.0 Å². The highest BCUT2D eigenvalue weighted by Crippen LogP contribution is 2.36. The first kappa shape index (κ1) is 20.3. The zero-order chi connectivity index (χ0) is 21.5. The molecular formula is C20H19N3O5S2. The van der Waals surface area contributed by atoms with Crippen LogP contribution in [0.4, 0.5) is 5.13 Å². The van der Waals surface area contributed by atoms with Crippen LogP contribution in [0.2, 0.25) is 0 Å². The van der Waals surface area contributed by atoms with Crippen LogP contribution in [0.25, 0.3) is 11.3 Å². The van der Waals surface area contributed by atoms with Crippen molar-refractivity contribution in [2.24, 2.45) is 0 Å². The number of nitrogens with zero attached hydrogens (tertiary/aromatic N) is 1. The molecule has 1 aliphatic heterocycles. The van der Waals surface area contributed by atoms with Crippen LogP contribution in [0.5, 0.6) is 11.5 Å². The Balaban J connectivity index is 1.58. The molecular weight excluding hydrogens is 426 g/mol. The number of aryl methyl sites for hydroxylation is 1. The van der Waals surface area contributed by atoms with Gasteiger partial charge in [0.25, 0.3) is 5.91 Å². The number of aromatic nitrogens is 1. The molecule has 0 bridgehead atoms. The highest BCUT2D eigenvalue weighted by molar-refractivity contribution is 7.89. The third-order valence-electron chi connectivity index (χ3n) is 4.83. The van der Waals surface area contributed by atoms with E-state index in [0.29, 0.717) is 33.5 Å². The van der Waals surface area contributed by atoms with Crippen molar-refractivity contribution in [1.82, 2.24) is 9.71 Å². The first-order chi connectivity index (χ1) is 14.3. The predicted molar refractivity (Wildman–Crippen MR) is 114 cm³/mol. The van der Waals surface area contributed by atoms with E-state index in [9.17, 15) is 13.2 Å². The van der Waals surface area contributed by atoms with Gasteiger partial charge in [0.2, 0.25) is 16.8 Å². The molecule has 0 aliphatic carbocycles. The van der Waals surface area contributed by atoms with Crippen molar-refractivity contribution in [1.29, 1.82) is 0 Å². The summed E-state index contributed by atoms with van der Waals surface area (Å²) in [7, 11) is -2.34. The van der Waals surface area contributed by atoms with E-state index in [0.717, 1.165) is 5.56 Å². The molecule has 1 aromatic heterocycles. The second-order valence-corrected chi connectivity index (χ2v) is 9.40. The van der Waals surface area contributed by atoms with Crippen LogP contribution in [-0.2, 0) is 10.0 Å². The molecule has 10 heteroatoms. The summed E-state index contributed by atoms with van der Waals surface area (Å²) in [5.41, 5.74) is 3.07. The smallest absolute Gasteiger partial charge is 0.257 e. The molecule has 0 saturated carbocycles. The fourth-order valence-corrected chi connectivity index (χ4v) is 4.82. The average molecular weight is 446 g/mol. The van der Waals surface area contributed by atoms with Gasteiger partial charge in [0, 0.05) is 16.5 Å². The van der Waals surface area contributed by atoms with Crippen LogP contribution in [-0.4, -0.2) is 33.1 Å². The Morgan fingerprint density at radius 2 is 1.90 bits per heavy atom. The molecule has 3 aromatic rings. The van der Waals surface area contributed by atoms with Gasteiger partial charge in [0.05, 0.1) is 10.6 Å². The standard InChI is InChI=1S/C20H19N3O5S2/c1-11-6-14(8-18(12(11)2)30(25,26)21-3)19(24)23-20-22-15(9-29-20)13-4-5-16-17(7-13)28-10-27-16/h4-9,21H,10H2,1-3H3,(H,22,23,24). The fourth-order valence-electron chi connectivity index (χ4n) is 3.04. The second-order valence-electron chi connectivity index (χ2n) is 6.68. The van der Waals surface area contributed by atoms with Gasteiger partial charge in [-0.05, 0) is 62.4 Å². The number of thiazole rings is 1. The molecule has 30 heavy (non-hydrogen) atoms. The molecule has 0 unspecified atom stereocenters. The number of nitrogens with one attached hydrogen (secondary N) is 2. The fraction of sp³-hybridized carbons (Fsp3) is 0.200. The number of carbonyl (C=O) groups is 1. The SMILES string of the molecule is CNS(=O)(=O)c1cc(C(=O)Nc2nc(-c3ccc4c(c3)OCO4)cs2)cc(C)c1C. The van der Waals surface area contributed by atoms with Crippen molar-refractivity contribution >= 4 is 32.4 Å². The lowest BCUT2D eigenvalue weighted by Gasteiger charge is -2.12. The minimum Gasteiger partial charge on any atom is -0.454 e. The minimum atomic E-state index is -3.68. The van der Waals surface area contributed by atoms with E-state index < -0.39 is 15.9 Å². The topological polar surface area (TPSA) is 107 Å². The Hall–Kier alpha value is -2.95. The number of anilines is 1. The molecule has 0 fully saturated rings. The monoisotopic (exact) mass is 445 g/mol. The maximum absolute atomic E-state index is 12.7. The maximum atomic E-state index is 12.7. The van der Waals surface area contributed by atoms with Crippen LogP contribution in [0.1, 0.15) is 21.5 Å². The van der Waals surface area contributed by atoms with Crippen molar-refractivity contribution in [2.45, 2.75) is 18.7 Å². The summed E-state index contributed by atoms with van der Waals surface area (Å²) in [6.45, 7) is 3.67. The summed E-state index contributed by atoms with van der Waals surface area (Å²) >= 11 is 1.28. The summed E-state index contributed by atoms with van der Waals surface area (Å²) in [6, 6.07) is 8.54. The van der Waals surface area contributed by atoms with E-state index in [4.69, 9.17) is 9.47 Å². The van der Waals surface area contributed by atoms with Crippen LogP contribution in [0.15, 0.2) is 40.6 Å². The molecule has 156 valence electrons. The van der Waals surface area contributed by atoms with Crippen molar-refractivity contribution in [2.75, 3.05) is 19.2 Å². The quantitative estimate of drug-likeness (QED) is 0.624. The number of hydrogen-bond donors (Lipinski definition) is 2. The molecule has 2 N–H and O–H groups in total. The highest BCUT2D eigenvalue weighted by atomic mass is 32.2. The van der Waals surface area contributed by atoms with Gasteiger partial charge in [-0.25, -0.2) is 18.1 Å². The third-order valence-corrected chi connectivity index (χ3v) is 7.13. The number of amides is 1. The summed E-state index contributed by atoms with van der Waals surface area (Å²) in [6.07, 6.45) is 0. The van der Waals surface area contributed by atoms with Gasteiger partial charge in [-0.2, -0.15) is 0 Å². The first-order valence-electron chi connectivity index (χ1n) is 9.00. The summed E-state index contributed by atoms with van der Waals surface area (Å²) < 4.78 is 37.5. The second kappa shape index (κ2) is 7.71. The zero-order valence-corrected chi connectivity index (χ0v) is 18.1. The molecule has 1 aliphatic rings. The van der Waals surface area contributed by atoms with E-state index in [1.807, 2.05) is 23.6 Å². The molecule has 0 spiro atoms. The predicted octanol–water partition coefficient (Wildman–Crippen LogP) is 3.32. The van der Waals surface area contributed by atoms with Gasteiger partial charge in [-0.1, -0.05) is 0 Å². The number of ether oxygens (including phenoxy) is 2. The number of rotatable bonds is 5. The minimum absolute atomic E-state index is 0.0790. The summed E-state index contributed by atoms with van der Waals surface area (Å²) in [4.78, 5) is 17.3. The van der Waals surface area contributed by atoms with Gasteiger partial charge >= 0.3 is 0 Å². The number of fused-ring (bicyclic) bond motifs is 1. The Morgan fingerprint density at radius 3 is 2.67 bits per heavy atom. The van der Waals surface area contributed by atoms with Gasteiger partial charge in [0.15, 0.2) is 16.6 Å². The molecule has 0 atom stereocenters. The van der Waals surface area contributed by atoms with Gasteiger partial charge in [-0.15, -0.1) is 11.3 Å². The van der Waals surface area contributed by atoms with Crippen molar-refractivity contribution < 1.29 is 22.7 Å². The van der Waals surface area contributed by atoms with Crippen molar-refractivity contribution in [3.8, 4) is 22.8 Å². The first-order valence-corrected chi connectivity index (χ1v) is 11.4. The number of sulfonamides is 1. The number of carbonyl (C=O) groups excluding carboxylic acids is 1. The Labute approximate surface area is 177 Å². The molecule has 2 heterocycles. The summed E-state index contributed by atoms with van der Waals surface area (Å²) in [5.74, 6) is 0.904. The van der Waals surface area contributed by atoms with Crippen LogP contribution in [0, 0.1) is 13.8 Å². The average Bonchev–Trinajstić information content (AvgIpc) is 3.38. The molecule has 0 radical (unpaired) electrons. The molecule has 4 rings (SSSR count). The number of hydrogen-bond acceptors (Lipinski definition) is 7. The summed E-state index contributed by atoms with van der Waals surface area (Å²) in [5, 5.41) is 4.97. The van der Waals surface area contributed by atoms with E-state index in [-0.39, 0.29) is 17.3 Å². The van der Waals surface area contributed by atoms with Crippen molar-refractivity contribution in [3.63, 3.8) is 0 Å². The van der Waals surface area contributed by atoms with Crippen LogP contribution in [0.3, 0.4) is 0 Å². The lowest BCUT2D eigenvalue weighted by atomic mass is 10.1. The maximum Gasteiger partial charge on any atom is 0.257 e. The molecule has 0 saturated heterocycles. The molecule has 2 aromatic carbocycles. The Kier molecular flexibility index (Phi) is 5.22. The zero-order valence-electron chi connectivity index (χ0n) is 16.5. The lowest BCUT2D eigenvalue weighted by Crippen LogP contribution is -2.21. The van der Waals surface area contributed by atoms with Crippen molar-refractivity contribution in [3.05, 3.63) is 52.4 Å². The largest absolute Gasteiger partial charge is 0.454 e. The Bertz CT molecular complexity index is 1250. The lowest BCUT2D eigenvalue weighted by molar-refractivity contribution is 0.102. The number of benzene rings is 2. The molecule has 1 amide bonds. The van der Waals surface area contributed by atoms with Crippen LogP contribution >= 0.6 is 11.3 Å². The van der Waals surface area contributed by atoms with Gasteiger partial charge in [0.1, 0.15) is 0 Å². The van der Waals surface area contributed by atoms with E-state index in [1.54, 1.807) is 19.9 Å². The third kappa shape index (κ3) is 3.76. The normalized spacial score (nSPS) is 12.8. The van der Waals surface area contributed by atoms with Gasteiger partial charge < -0.3 is 9.47 Å². The van der Waals surface area contributed by atoms with Crippen LogP contribution < -0.4 is 19.5 Å². The van der Waals surface area contributed by atoms with Gasteiger partial charge in [-0.3, -0.25) is 10.1 Å². The van der Waals surface area contributed by atoms with E-state index >= 15 is 0 Å². The highest BCUT2D eigenvalue weighted by Gasteiger charge is 2.20. The molecule has 8 nitrogen and oxygen atoms in total.